The molecule has 3 rings (SSSR count). The Hall–Kier alpha value is -2.80. The van der Waals surface area contributed by atoms with Crippen LogP contribution in [0, 0.1) is 0 Å². The zero-order chi connectivity index (χ0) is 19.9. The van der Waals surface area contributed by atoms with Gasteiger partial charge in [-0.15, -0.1) is 0 Å². The van der Waals surface area contributed by atoms with Crippen LogP contribution in [-0.2, 0) is 25.9 Å². The number of rotatable bonds is 7. The van der Waals surface area contributed by atoms with E-state index in [2.05, 4.69) is 39.7 Å². The van der Waals surface area contributed by atoms with Gasteiger partial charge in [0.2, 0.25) is 0 Å². The van der Waals surface area contributed by atoms with Crippen molar-refractivity contribution in [2.75, 3.05) is 7.05 Å². The number of nitrogens with one attached hydrogen (secondary N) is 2. The van der Waals surface area contributed by atoms with Gasteiger partial charge >= 0.3 is 0 Å². The molecule has 2 N–H and O–H groups in total. The Bertz CT molecular complexity index is 907. The van der Waals surface area contributed by atoms with Gasteiger partial charge in [0.05, 0.1) is 17.6 Å². The van der Waals surface area contributed by atoms with E-state index in [1.54, 1.807) is 7.05 Å². The fourth-order valence-corrected chi connectivity index (χ4v) is 3.03. The molecule has 2 heterocycles. The molecule has 7 nitrogen and oxygen atoms in total. The van der Waals surface area contributed by atoms with Gasteiger partial charge in [0.1, 0.15) is 5.76 Å². The molecule has 0 atom stereocenters. The predicted molar refractivity (Wildman–Crippen MR) is 111 cm³/mol. The van der Waals surface area contributed by atoms with Crippen molar-refractivity contribution in [1.29, 1.82) is 0 Å². The number of guanidine groups is 1. The molecule has 8 heteroatoms. The molecule has 3 aromatic rings. The van der Waals surface area contributed by atoms with E-state index in [1.165, 1.54) is 0 Å². The van der Waals surface area contributed by atoms with Crippen LogP contribution in [-0.4, -0.2) is 27.9 Å². The second-order valence-electron chi connectivity index (χ2n) is 6.29. The lowest BCUT2D eigenvalue weighted by Crippen LogP contribution is -2.36. The molecule has 148 valence electrons. The topological polar surface area (TPSA) is 80.3 Å². The number of nitrogens with zero attached hydrogens (tertiary/aromatic N) is 4. The minimum atomic E-state index is 0.609. The maximum absolute atomic E-state index is 5.94. The molecule has 28 heavy (non-hydrogen) atoms. The van der Waals surface area contributed by atoms with Gasteiger partial charge in [-0.25, -0.2) is 4.68 Å². The van der Waals surface area contributed by atoms with Gasteiger partial charge in [0.15, 0.2) is 5.96 Å². The molecule has 0 fully saturated rings. The van der Waals surface area contributed by atoms with Gasteiger partial charge in [0, 0.05) is 48.9 Å². The van der Waals surface area contributed by atoms with Crippen LogP contribution in [0.25, 0.3) is 5.69 Å². The fourth-order valence-electron chi connectivity index (χ4n) is 2.90. The average molecular weight is 401 g/mol. The Labute approximate surface area is 169 Å². The first kappa shape index (κ1) is 19.9. The molecular weight excluding hydrogens is 376 g/mol. The standard InChI is InChI=1S/C20H25ClN6O/c1-4-18-17(19(5-2)28-26-18)12-24-20(22-3)23-10-14-11-25-27(13-14)16-8-6-15(21)7-9-16/h6-9,11,13H,4-5,10,12H2,1-3H3,(H2,22,23,24). The van der Waals surface area contributed by atoms with Gasteiger partial charge < -0.3 is 15.2 Å². The highest BCUT2D eigenvalue weighted by Crippen LogP contribution is 2.15. The zero-order valence-corrected chi connectivity index (χ0v) is 17.1. The number of hydrogen-bond donors (Lipinski definition) is 2. The van der Waals surface area contributed by atoms with Crippen molar-refractivity contribution in [3.05, 3.63) is 64.3 Å². The first-order valence-electron chi connectivity index (χ1n) is 9.34. The molecule has 0 aliphatic rings. The van der Waals surface area contributed by atoms with Crippen LogP contribution in [0.15, 0.2) is 46.2 Å². The highest BCUT2D eigenvalue weighted by molar-refractivity contribution is 6.30. The van der Waals surface area contributed by atoms with Crippen LogP contribution < -0.4 is 10.6 Å². The SMILES string of the molecule is CCc1noc(CC)c1CNC(=NC)NCc1cnn(-c2ccc(Cl)cc2)c1. The molecule has 0 aliphatic carbocycles. The number of aliphatic imine (C=N–C) groups is 1. The Morgan fingerprint density at radius 2 is 1.89 bits per heavy atom. The Balaban J connectivity index is 1.58. The van der Waals surface area contributed by atoms with Gasteiger partial charge in [-0.2, -0.15) is 5.10 Å². The Morgan fingerprint density at radius 3 is 2.57 bits per heavy atom. The summed E-state index contributed by atoms with van der Waals surface area (Å²) in [4.78, 5) is 4.29. The van der Waals surface area contributed by atoms with E-state index in [0.717, 1.165) is 41.1 Å². The molecule has 2 aromatic heterocycles. The normalized spacial score (nSPS) is 11.6. The van der Waals surface area contributed by atoms with Crippen molar-refractivity contribution in [3.8, 4) is 5.69 Å². The number of aromatic nitrogens is 3. The summed E-state index contributed by atoms with van der Waals surface area (Å²) in [5, 5.41) is 15.9. The maximum atomic E-state index is 5.94. The van der Waals surface area contributed by atoms with Crippen LogP contribution in [0.3, 0.4) is 0 Å². The smallest absolute Gasteiger partial charge is 0.191 e. The minimum absolute atomic E-state index is 0.609. The monoisotopic (exact) mass is 400 g/mol. The third-order valence-electron chi connectivity index (χ3n) is 4.45. The van der Waals surface area contributed by atoms with E-state index in [1.807, 2.05) is 41.3 Å². The van der Waals surface area contributed by atoms with Crippen molar-refractivity contribution in [1.82, 2.24) is 25.6 Å². The van der Waals surface area contributed by atoms with Crippen molar-refractivity contribution in [2.24, 2.45) is 4.99 Å². The zero-order valence-electron chi connectivity index (χ0n) is 16.4. The van der Waals surface area contributed by atoms with E-state index < -0.39 is 0 Å². The quantitative estimate of drug-likeness (QED) is 0.468. The largest absolute Gasteiger partial charge is 0.361 e. The van der Waals surface area contributed by atoms with Crippen LogP contribution in [0.1, 0.15) is 36.4 Å². The second kappa shape index (κ2) is 9.41. The summed E-state index contributed by atoms with van der Waals surface area (Å²) in [6, 6.07) is 7.56. The molecule has 0 spiro atoms. The van der Waals surface area contributed by atoms with Crippen molar-refractivity contribution >= 4 is 17.6 Å². The molecular formula is C20H25ClN6O. The van der Waals surface area contributed by atoms with Gasteiger partial charge in [-0.05, 0) is 30.7 Å². The summed E-state index contributed by atoms with van der Waals surface area (Å²) in [6.07, 6.45) is 5.48. The lowest BCUT2D eigenvalue weighted by atomic mass is 10.1. The van der Waals surface area contributed by atoms with Crippen LogP contribution in [0.5, 0.6) is 0 Å². The van der Waals surface area contributed by atoms with Crippen molar-refractivity contribution in [3.63, 3.8) is 0 Å². The van der Waals surface area contributed by atoms with Crippen LogP contribution in [0.4, 0.5) is 0 Å². The fraction of sp³-hybridized carbons (Fsp3) is 0.350. The highest BCUT2D eigenvalue weighted by atomic mass is 35.5. The average Bonchev–Trinajstić information content (AvgIpc) is 3.35. The van der Waals surface area contributed by atoms with E-state index in [0.29, 0.717) is 24.1 Å². The summed E-state index contributed by atoms with van der Waals surface area (Å²) in [7, 11) is 1.75. The molecule has 0 aliphatic heterocycles. The second-order valence-corrected chi connectivity index (χ2v) is 6.72. The summed E-state index contributed by atoms with van der Waals surface area (Å²) < 4.78 is 7.23. The molecule has 0 saturated carbocycles. The lowest BCUT2D eigenvalue weighted by molar-refractivity contribution is 0.380. The molecule has 0 amide bonds. The van der Waals surface area contributed by atoms with E-state index in [-0.39, 0.29) is 0 Å². The van der Waals surface area contributed by atoms with E-state index in [9.17, 15) is 0 Å². The minimum Gasteiger partial charge on any atom is -0.361 e. The molecule has 0 saturated heterocycles. The summed E-state index contributed by atoms with van der Waals surface area (Å²) >= 11 is 5.94. The van der Waals surface area contributed by atoms with E-state index in [4.69, 9.17) is 16.1 Å². The Morgan fingerprint density at radius 1 is 1.14 bits per heavy atom. The molecule has 0 bridgehead atoms. The Kier molecular flexibility index (Phi) is 6.71. The third-order valence-corrected chi connectivity index (χ3v) is 4.70. The summed E-state index contributed by atoms with van der Waals surface area (Å²) in [6.45, 7) is 5.37. The van der Waals surface area contributed by atoms with Crippen molar-refractivity contribution < 1.29 is 4.52 Å². The molecule has 0 unspecified atom stereocenters. The van der Waals surface area contributed by atoms with Gasteiger partial charge in [0.25, 0.3) is 0 Å². The highest BCUT2D eigenvalue weighted by Gasteiger charge is 2.13. The predicted octanol–water partition coefficient (Wildman–Crippen LogP) is 3.50. The van der Waals surface area contributed by atoms with E-state index >= 15 is 0 Å². The van der Waals surface area contributed by atoms with Crippen LogP contribution >= 0.6 is 11.6 Å². The van der Waals surface area contributed by atoms with Gasteiger partial charge in [-0.3, -0.25) is 4.99 Å². The number of aryl methyl sites for hydroxylation is 2. The van der Waals surface area contributed by atoms with Gasteiger partial charge in [-0.1, -0.05) is 30.6 Å². The maximum Gasteiger partial charge on any atom is 0.191 e. The summed E-state index contributed by atoms with van der Waals surface area (Å²) in [5.41, 5.74) is 4.11. The first-order valence-corrected chi connectivity index (χ1v) is 9.72. The lowest BCUT2D eigenvalue weighted by Gasteiger charge is -2.11. The van der Waals surface area contributed by atoms with Crippen LogP contribution in [0.2, 0.25) is 5.02 Å². The summed E-state index contributed by atoms with van der Waals surface area (Å²) in [5.74, 6) is 1.63. The molecule has 1 aromatic carbocycles. The third kappa shape index (κ3) is 4.72. The number of benzene rings is 1. The number of hydrogen-bond acceptors (Lipinski definition) is 4. The number of halogens is 1. The first-order chi connectivity index (χ1) is 13.6. The van der Waals surface area contributed by atoms with Crippen molar-refractivity contribution in [2.45, 2.75) is 39.8 Å². The molecule has 0 radical (unpaired) electrons.